The molecule has 9 heteroatoms. The number of fused-ring (bicyclic) bond motifs is 4. The van der Waals surface area contributed by atoms with Gasteiger partial charge in [-0.2, -0.15) is 0 Å². The molecule has 4 unspecified atom stereocenters. The summed E-state index contributed by atoms with van der Waals surface area (Å²) in [5, 5.41) is 16.2. The van der Waals surface area contributed by atoms with E-state index in [2.05, 4.69) is 17.0 Å². The predicted octanol–water partition coefficient (Wildman–Crippen LogP) is 7.08. The number of aliphatic hydroxyl groups excluding tert-OH is 1. The van der Waals surface area contributed by atoms with Crippen LogP contribution in [-0.4, -0.2) is 46.9 Å². The third-order valence-electron chi connectivity index (χ3n) is 10.8. The van der Waals surface area contributed by atoms with Crippen molar-refractivity contribution >= 4 is 17.3 Å². The number of ether oxygens (including phenoxy) is 3. The molecule has 1 N–H and O–H groups in total. The SMILES string of the molecule is CCN1CCCC1c1cc(OCc2ccccc2)c2c(c1OC)CC1CC3Cc4onc(OCc5ccccc5)c4C(=O)C3C(=O)C1=C2O. The van der Waals surface area contributed by atoms with Gasteiger partial charge in [-0.15, -0.1) is 0 Å². The highest BCUT2D eigenvalue weighted by molar-refractivity contribution is 6.20. The maximum atomic E-state index is 14.4. The Morgan fingerprint density at radius 3 is 2.35 bits per heavy atom. The Morgan fingerprint density at radius 2 is 1.65 bits per heavy atom. The fourth-order valence-electron chi connectivity index (χ4n) is 8.58. The van der Waals surface area contributed by atoms with Gasteiger partial charge in [0.15, 0.2) is 17.3 Å². The van der Waals surface area contributed by atoms with Crippen LogP contribution in [0.4, 0.5) is 0 Å². The number of Topliss-reactive ketones (excluding diaryl/α,β-unsaturated/α-hetero) is 2. The fourth-order valence-corrected chi connectivity index (χ4v) is 8.58. The van der Waals surface area contributed by atoms with Gasteiger partial charge in [0.25, 0.3) is 5.88 Å². The first-order chi connectivity index (χ1) is 24.0. The van der Waals surface area contributed by atoms with E-state index in [0.29, 0.717) is 48.5 Å². The number of rotatable bonds is 9. The van der Waals surface area contributed by atoms with Gasteiger partial charge in [-0.3, -0.25) is 14.5 Å². The Bertz CT molecular complexity index is 1930. The van der Waals surface area contributed by atoms with Crippen LogP contribution < -0.4 is 14.2 Å². The highest BCUT2D eigenvalue weighted by Gasteiger charge is 2.52. The smallest absolute Gasteiger partial charge is 0.265 e. The van der Waals surface area contributed by atoms with E-state index in [1.807, 2.05) is 66.7 Å². The zero-order valence-corrected chi connectivity index (χ0v) is 27.8. The van der Waals surface area contributed by atoms with E-state index in [-0.39, 0.29) is 53.3 Å². The number of ketones is 2. The summed E-state index contributed by atoms with van der Waals surface area (Å²) in [4.78, 5) is 31.0. The third kappa shape index (κ3) is 5.40. The molecule has 0 amide bonds. The first-order valence-corrected chi connectivity index (χ1v) is 17.3. The molecule has 2 heterocycles. The molecule has 3 aromatic carbocycles. The van der Waals surface area contributed by atoms with Gasteiger partial charge >= 0.3 is 0 Å². The van der Waals surface area contributed by atoms with Gasteiger partial charge < -0.3 is 23.8 Å². The summed E-state index contributed by atoms with van der Waals surface area (Å²) in [6.45, 7) is 4.61. The number of methoxy groups -OCH3 is 1. The molecule has 4 atom stereocenters. The van der Waals surface area contributed by atoms with Crippen LogP contribution in [0, 0.1) is 17.8 Å². The number of hydrogen-bond donors (Lipinski definition) is 1. The maximum absolute atomic E-state index is 14.4. The number of carbonyl (C=O) groups excluding carboxylic acids is 2. The van der Waals surface area contributed by atoms with Crippen molar-refractivity contribution < 1.29 is 33.4 Å². The molecular formula is C40H40N2O7. The Labute approximate surface area is 285 Å². The number of hydrogen-bond acceptors (Lipinski definition) is 9. The second-order valence-electron chi connectivity index (χ2n) is 13.5. The summed E-state index contributed by atoms with van der Waals surface area (Å²) < 4.78 is 24.2. The number of likely N-dealkylation sites (tertiary alicyclic amines) is 1. The van der Waals surface area contributed by atoms with Crippen molar-refractivity contribution in [1.29, 1.82) is 0 Å². The van der Waals surface area contributed by atoms with Crippen LogP contribution in [-0.2, 0) is 30.8 Å². The Kier molecular flexibility index (Phi) is 8.23. The maximum Gasteiger partial charge on any atom is 0.265 e. The molecule has 49 heavy (non-hydrogen) atoms. The normalized spacial score (nSPS) is 23.1. The van der Waals surface area contributed by atoms with Crippen molar-refractivity contribution in [2.75, 3.05) is 20.2 Å². The molecule has 0 bridgehead atoms. The van der Waals surface area contributed by atoms with E-state index in [9.17, 15) is 14.7 Å². The average Bonchev–Trinajstić information content (AvgIpc) is 3.77. The minimum absolute atomic E-state index is 0.103. The Hall–Kier alpha value is -4.89. The number of aliphatic hydroxyl groups is 1. The number of carbonyl (C=O) groups is 2. The lowest BCUT2D eigenvalue weighted by molar-refractivity contribution is -0.121. The van der Waals surface area contributed by atoms with Crippen LogP contribution in [0.5, 0.6) is 17.4 Å². The lowest BCUT2D eigenvalue weighted by Crippen LogP contribution is -2.45. The molecule has 1 aromatic heterocycles. The van der Waals surface area contributed by atoms with Crippen molar-refractivity contribution in [1.82, 2.24) is 10.1 Å². The molecule has 9 nitrogen and oxygen atoms in total. The number of benzene rings is 3. The van der Waals surface area contributed by atoms with Crippen LogP contribution in [0.25, 0.3) is 5.76 Å². The Balaban J connectivity index is 1.18. The molecular weight excluding hydrogens is 620 g/mol. The zero-order chi connectivity index (χ0) is 33.6. The molecule has 1 saturated carbocycles. The van der Waals surface area contributed by atoms with E-state index in [1.54, 1.807) is 7.11 Å². The predicted molar refractivity (Wildman–Crippen MR) is 182 cm³/mol. The molecule has 0 spiro atoms. The van der Waals surface area contributed by atoms with Crippen molar-refractivity contribution in [3.8, 4) is 17.4 Å². The third-order valence-corrected chi connectivity index (χ3v) is 10.8. The van der Waals surface area contributed by atoms with E-state index in [1.165, 1.54) is 0 Å². The largest absolute Gasteiger partial charge is 0.507 e. The first kappa shape index (κ1) is 31.4. The van der Waals surface area contributed by atoms with Gasteiger partial charge in [0.2, 0.25) is 0 Å². The molecule has 252 valence electrons. The van der Waals surface area contributed by atoms with Gasteiger partial charge in [-0.25, -0.2) is 0 Å². The van der Waals surface area contributed by atoms with E-state index in [4.69, 9.17) is 18.7 Å². The van der Waals surface area contributed by atoms with Crippen LogP contribution in [0.3, 0.4) is 0 Å². The van der Waals surface area contributed by atoms with E-state index >= 15 is 0 Å². The number of allylic oxidation sites excluding steroid dienone is 1. The average molecular weight is 661 g/mol. The standard InChI is InChI=1S/C40H40N2O7/c1-3-42-16-10-15-29(42)27-20-30(47-21-23-11-6-4-7-12-23)34-28(39(27)46-2)18-25-17-26-19-31-35(38(45)33(26)36(43)32(25)37(34)44)40(41-49-31)48-22-24-13-8-5-9-14-24/h4-9,11-14,20,25-26,29,33,44H,3,10,15-19,21-22H2,1-2H3. The molecule has 1 aliphatic heterocycles. The summed E-state index contributed by atoms with van der Waals surface area (Å²) >= 11 is 0. The van der Waals surface area contributed by atoms with Gasteiger partial charge in [-0.1, -0.05) is 67.6 Å². The van der Waals surface area contributed by atoms with Crippen LogP contribution in [0.1, 0.15) is 76.2 Å². The molecule has 8 rings (SSSR count). The van der Waals surface area contributed by atoms with Crippen molar-refractivity contribution in [3.05, 3.63) is 111 Å². The van der Waals surface area contributed by atoms with E-state index in [0.717, 1.165) is 53.9 Å². The van der Waals surface area contributed by atoms with Crippen LogP contribution in [0.15, 0.2) is 76.8 Å². The second-order valence-corrected chi connectivity index (χ2v) is 13.5. The van der Waals surface area contributed by atoms with Crippen LogP contribution in [0.2, 0.25) is 0 Å². The number of aromatic nitrogens is 1. The summed E-state index contributed by atoms with van der Waals surface area (Å²) in [5.41, 5.74) is 4.82. The van der Waals surface area contributed by atoms with Gasteiger partial charge in [0, 0.05) is 29.2 Å². The highest BCUT2D eigenvalue weighted by atomic mass is 16.5. The molecule has 3 aliphatic carbocycles. The van der Waals surface area contributed by atoms with Gasteiger partial charge in [0.05, 0.1) is 18.6 Å². The van der Waals surface area contributed by atoms with E-state index < -0.39 is 5.92 Å². The quantitative estimate of drug-likeness (QED) is 0.188. The lowest BCUT2D eigenvalue weighted by atomic mass is 9.61. The van der Waals surface area contributed by atoms with Crippen molar-refractivity contribution in [3.63, 3.8) is 0 Å². The van der Waals surface area contributed by atoms with Crippen molar-refractivity contribution in [2.24, 2.45) is 17.8 Å². The topological polar surface area (TPSA) is 111 Å². The van der Waals surface area contributed by atoms with Crippen molar-refractivity contribution in [2.45, 2.75) is 58.3 Å². The van der Waals surface area contributed by atoms with Crippen LogP contribution >= 0.6 is 0 Å². The molecule has 2 fully saturated rings. The number of nitrogens with zero attached hydrogens (tertiary/aromatic N) is 2. The molecule has 4 aromatic rings. The first-order valence-electron chi connectivity index (χ1n) is 17.3. The minimum Gasteiger partial charge on any atom is -0.507 e. The summed E-state index contributed by atoms with van der Waals surface area (Å²) in [7, 11) is 1.68. The van der Waals surface area contributed by atoms with Gasteiger partial charge in [0.1, 0.15) is 36.0 Å². The molecule has 0 radical (unpaired) electrons. The summed E-state index contributed by atoms with van der Waals surface area (Å²) in [5.74, 6) is -0.534. The molecule has 4 aliphatic rings. The second kappa shape index (κ2) is 12.9. The lowest BCUT2D eigenvalue weighted by Gasteiger charge is -2.41. The van der Waals surface area contributed by atoms with Gasteiger partial charge in [-0.05, 0) is 73.0 Å². The Morgan fingerprint density at radius 1 is 0.939 bits per heavy atom. The fraction of sp³-hybridized carbons (Fsp3) is 0.375. The molecule has 1 saturated heterocycles. The minimum atomic E-state index is -0.951. The monoisotopic (exact) mass is 660 g/mol. The summed E-state index contributed by atoms with van der Waals surface area (Å²) in [6.07, 6.45) is 3.51. The highest BCUT2D eigenvalue weighted by Crippen LogP contribution is 2.53. The zero-order valence-electron chi connectivity index (χ0n) is 27.8. The summed E-state index contributed by atoms with van der Waals surface area (Å²) in [6, 6.07) is 21.6.